The van der Waals surface area contributed by atoms with E-state index >= 15 is 0 Å². The number of H-pyrrole nitrogens is 1. The third-order valence-electron chi connectivity index (χ3n) is 7.70. The summed E-state index contributed by atoms with van der Waals surface area (Å²) in [5.74, 6) is 0.215. The first-order valence-corrected chi connectivity index (χ1v) is 14.0. The van der Waals surface area contributed by atoms with Crippen molar-refractivity contribution in [3.63, 3.8) is 0 Å². The number of carboxylic acids is 1. The Morgan fingerprint density at radius 3 is 2.05 bits per heavy atom. The number of rotatable bonds is 12. The van der Waals surface area contributed by atoms with Crippen LogP contribution in [-0.4, -0.2) is 60.3 Å². The minimum atomic E-state index is -1.15. The summed E-state index contributed by atoms with van der Waals surface area (Å²) in [4.78, 5) is 38.4. The van der Waals surface area contributed by atoms with E-state index in [9.17, 15) is 19.5 Å². The number of aryl methyl sites for hydroxylation is 1. The van der Waals surface area contributed by atoms with E-state index in [1.807, 2.05) is 78.9 Å². The zero-order valence-corrected chi connectivity index (χ0v) is 24.6. The van der Waals surface area contributed by atoms with Crippen LogP contribution in [0.1, 0.15) is 34.9 Å². The summed E-state index contributed by atoms with van der Waals surface area (Å²) >= 11 is 0. The minimum absolute atomic E-state index is 0.0369. The summed E-state index contributed by atoms with van der Waals surface area (Å²) in [5.41, 5.74) is 0.496. The highest BCUT2D eigenvalue weighted by molar-refractivity contribution is 5.68. The Morgan fingerprint density at radius 1 is 0.932 bits per heavy atom. The highest BCUT2D eigenvalue weighted by atomic mass is 16.6. The third kappa shape index (κ3) is 6.30. The number of hydrogen-bond donors (Lipinski definition) is 2. The first-order chi connectivity index (χ1) is 21.2. The Balaban J connectivity index is 1.57. The molecule has 1 aliphatic rings. The molecule has 0 amide bonds. The largest absolute Gasteiger partial charge is 0.497 e. The number of hydrogen-bond acceptors (Lipinski definition) is 8. The van der Waals surface area contributed by atoms with Crippen molar-refractivity contribution >= 4 is 5.97 Å². The van der Waals surface area contributed by atoms with Crippen molar-refractivity contribution in [2.45, 2.75) is 37.4 Å². The number of benzene rings is 3. The fraction of sp³-hybridized carbons (Fsp3) is 0.303. The van der Waals surface area contributed by atoms with Crippen LogP contribution in [0.4, 0.5) is 0 Å². The molecule has 0 bridgehead atoms. The van der Waals surface area contributed by atoms with Gasteiger partial charge in [0.1, 0.15) is 36.0 Å². The van der Waals surface area contributed by atoms with Crippen LogP contribution in [-0.2, 0) is 24.6 Å². The van der Waals surface area contributed by atoms with Crippen molar-refractivity contribution in [3.05, 3.63) is 128 Å². The standard InChI is InChI=1S/C33H34N2O9/c1-21-18-35(32(39)34-31(21)38)29-17-27(42-20-30(36)37)28(44-29)19-43-33(22-7-5-4-6-8-22,23-9-13-25(40-2)14-10-23)24-11-15-26(41-3)16-12-24/h4-16,18,27-29H,17,19-20H2,1-3H3,(H,36,37)(H,34,38,39)/t27-,28+,29+/m0/s1. The van der Waals surface area contributed by atoms with Crippen molar-refractivity contribution in [1.29, 1.82) is 0 Å². The van der Waals surface area contributed by atoms with Crippen molar-refractivity contribution in [2.75, 3.05) is 27.4 Å². The minimum Gasteiger partial charge on any atom is -0.497 e. The van der Waals surface area contributed by atoms with Gasteiger partial charge in [-0.2, -0.15) is 0 Å². The van der Waals surface area contributed by atoms with Crippen molar-refractivity contribution in [1.82, 2.24) is 9.55 Å². The molecule has 3 atom stereocenters. The van der Waals surface area contributed by atoms with Gasteiger partial charge in [-0.3, -0.25) is 14.3 Å². The van der Waals surface area contributed by atoms with Gasteiger partial charge in [-0.25, -0.2) is 9.59 Å². The molecule has 4 aromatic rings. The normalized spacial score (nSPS) is 18.2. The van der Waals surface area contributed by atoms with Gasteiger partial charge in [-0.15, -0.1) is 0 Å². The highest BCUT2D eigenvalue weighted by Gasteiger charge is 2.43. The van der Waals surface area contributed by atoms with Crippen LogP contribution in [0.3, 0.4) is 0 Å². The number of nitrogens with one attached hydrogen (secondary N) is 1. The number of methoxy groups -OCH3 is 2. The van der Waals surface area contributed by atoms with Crippen LogP contribution in [0.15, 0.2) is 94.6 Å². The number of aliphatic carboxylic acids is 1. The molecule has 1 fully saturated rings. The van der Waals surface area contributed by atoms with E-state index in [0.29, 0.717) is 17.1 Å². The maximum Gasteiger partial charge on any atom is 0.330 e. The topological polar surface area (TPSA) is 138 Å². The monoisotopic (exact) mass is 602 g/mol. The predicted molar refractivity (Wildman–Crippen MR) is 160 cm³/mol. The summed E-state index contributed by atoms with van der Waals surface area (Å²) in [6, 6.07) is 24.8. The molecule has 2 heterocycles. The van der Waals surface area contributed by atoms with Gasteiger partial charge in [0.15, 0.2) is 0 Å². The van der Waals surface area contributed by atoms with Crippen molar-refractivity contribution < 1.29 is 33.6 Å². The lowest BCUT2D eigenvalue weighted by atomic mass is 9.80. The van der Waals surface area contributed by atoms with E-state index in [0.717, 1.165) is 16.7 Å². The summed E-state index contributed by atoms with van der Waals surface area (Å²) in [6.07, 6.45) is -0.727. The zero-order chi connectivity index (χ0) is 31.3. The molecule has 0 aliphatic carbocycles. The van der Waals surface area contributed by atoms with Gasteiger partial charge in [-0.05, 0) is 47.9 Å². The van der Waals surface area contributed by atoms with Gasteiger partial charge in [0, 0.05) is 18.2 Å². The van der Waals surface area contributed by atoms with Gasteiger partial charge in [0.2, 0.25) is 0 Å². The molecule has 1 saturated heterocycles. The Morgan fingerprint density at radius 2 is 1.50 bits per heavy atom. The van der Waals surface area contributed by atoms with Gasteiger partial charge < -0.3 is 28.8 Å². The average Bonchev–Trinajstić information content (AvgIpc) is 3.45. The molecular formula is C33H34N2O9. The maximum absolute atomic E-state index is 12.7. The second kappa shape index (κ2) is 13.3. The summed E-state index contributed by atoms with van der Waals surface area (Å²) in [5, 5.41) is 9.33. The lowest BCUT2D eigenvalue weighted by molar-refractivity contribution is -0.148. The third-order valence-corrected chi connectivity index (χ3v) is 7.70. The van der Waals surface area contributed by atoms with E-state index in [4.69, 9.17) is 23.7 Å². The molecule has 11 heteroatoms. The molecule has 1 aliphatic heterocycles. The summed E-state index contributed by atoms with van der Waals surface area (Å²) in [7, 11) is 3.19. The quantitative estimate of drug-likeness (QED) is 0.233. The molecule has 5 rings (SSSR count). The molecule has 2 N–H and O–H groups in total. The molecule has 0 unspecified atom stereocenters. The van der Waals surface area contributed by atoms with Crippen LogP contribution in [0.2, 0.25) is 0 Å². The first kappa shape index (κ1) is 30.7. The van der Waals surface area contributed by atoms with E-state index in [-0.39, 0.29) is 13.0 Å². The fourth-order valence-corrected chi connectivity index (χ4v) is 5.46. The molecule has 3 aromatic carbocycles. The summed E-state index contributed by atoms with van der Waals surface area (Å²) in [6.45, 7) is 0.989. The average molecular weight is 603 g/mol. The van der Waals surface area contributed by atoms with E-state index < -0.39 is 47.9 Å². The molecule has 11 nitrogen and oxygen atoms in total. The second-order valence-electron chi connectivity index (χ2n) is 10.4. The number of aromatic nitrogens is 2. The maximum atomic E-state index is 12.7. The Kier molecular flexibility index (Phi) is 9.29. The molecule has 230 valence electrons. The van der Waals surface area contributed by atoms with Crippen molar-refractivity contribution in [2.24, 2.45) is 0 Å². The van der Waals surface area contributed by atoms with Gasteiger partial charge >= 0.3 is 11.7 Å². The molecule has 0 spiro atoms. The summed E-state index contributed by atoms with van der Waals surface area (Å²) < 4.78 is 31.1. The van der Waals surface area contributed by atoms with E-state index in [1.54, 1.807) is 21.1 Å². The lowest BCUT2D eigenvalue weighted by Gasteiger charge is -2.37. The van der Waals surface area contributed by atoms with Crippen molar-refractivity contribution in [3.8, 4) is 11.5 Å². The Bertz CT molecular complexity index is 1630. The first-order valence-electron chi connectivity index (χ1n) is 14.0. The smallest absolute Gasteiger partial charge is 0.330 e. The molecule has 0 radical (unpaired) electrons. The fourth-order valence-electron chi connectivity index (χ4n) is 5.46. The Hall–Kier alpha value is -4.71. The molecular weight excluding hydrogens is 568 g/mol. The number of carboxylic acid groups (broad SMARTS) is 1. The Labute approximate surface area is 253 Å². The number of nitrogens with zero attached hydrogens (tertiary/aromatic N) is 1. The van der Waals surface area contributed by atoms with Crippen LogP contribution in [0, 0.1) is 6.92 Å². The highest BCUT2D eigenvalue weighted by Crippen LogP contribution is 2.43. The molecule has 44 heavy (non-hydrogen) atoms. The SMILES string of the molecule is COc1ccc(C(OC[C@H]2O[C@@H](n3cc(C)c(=O)[nH]c3=O)C[C@@H]2OCC(=O)O)(c2ccccc2)c2ccc(OC)cc2)cc1. The molecule has 0 saturated carbocycles. The number of ether oxygens (including phenoxy) is 5. The number of carbonyl (C=O) groups is 1. The second-order valence-corrected chi connectivity index (χ2v) is 10.4. The predicted octanol–water partition coefficient (Wildman–Crippen LogP) is 3.63. The van der Waals surface area contributed by atoms with Gasteiger partial charge in [0.25, 0.3) is 5.56 Å². The van der Waals surface area contributed by atoms with E-state index in [1.165, 1.54) is 10.8 Å². The van der Waals surface area contributed by atoms with Crippen LogP contribution in [0.25, 0.3) is 0 Å². The van der Waals surface area contributed by atoms with E-state index in [2.05, 4.69) is 4.98 Å². The van der Waals surface area contributed by atoms with Crippen LogP contribution < -0.4 is 20.7 Å². The van der Waals surface area contributed by atoms with Gasteiger partial charge in [-0.1, -0.05) is 54.6 Å². The van der Waals surface area contributed by atoms with Crippen LogP contribution >= 0.6 is 0 Å². The zero-order valence-electron chi connectivity index (χ0n) is 24.6. The van der Waals surface area contributed by atoms with Crippen LogP contribution in [0.5, 0.6) is 11.5 Å². The number of aromatic amines is 1. The molecule has 1 aromatic heterocycles. The van der Waals surface area contributed by atoms with Gasteiger partial charge in [0.05, 0.1) is 26.9 Å². The lowest BCUT2D eigenvalue weighted by Crippen LogP contribution is -2.39.